The third-order valence-electron chi connectivity index (χ3n) is 15.1. The van der Waals surface area contributed by atoms with E-state index in [9.17, 15) is 0 Å². The van der Waals surface area contributed by atoms with Crippen LogP contribution in [-0.4, -0.2) is 19.1 Å². The molecule has 0 bridgehead atoms. The van der Waals surface area contributed by atoms with Gasteiger partial charge in [-0.25, -0.2) is 9.97 Å². The molecule has 11 aromatic carbocycles. The Balaban J connectivity index is 0.933. The summed E-state index contributed by atoms with van der Waals surface area (Å²) in [6.45, 7) is 0. The molecule has 0 saturated heterocycles. The highest BCUT2D eigenvalue weighted by Crippen LogP contribution is 2.46. The van der Waals surface area contributed by atoms with Gasteiger partial charge in [-0.05, 0) is 112 Å². The second-order valence-corrected chi connectivity index (χ2v) is 19.2. The molecule has 0 atom stereocenters. The van der Waals surface area contributed by atoms with E-state index in [1.165, 1.54) is 43.4 Å². The van der Waals surface area contributed by atoms with Crippen molar-refractivity contribution in [2.45, 2.75) is 0 Å². The summed E-state index contributed by atoms with van der Waals surface area (Å²) in [4.78, 5) is 10.8. The van der Waals surface area contributed by atoms with E-state index in [1.54, 1.807) is 0 Å². The van der Waals surface area contributed by atoms with E-state index in [0.29, 0.717) is 11.4 Å². The number of para-hydroxylation sites is 3. The molecule has 0 N–H and O–H groups in total. The van der Waals surface area contributed by atoms with Gasteiger partial charge in [0.2, 0.25) is 0 Å². The molecule has 6 nitrogen and oxygen atoms in total. The Bertz CT molecular complexity index is 4950. The lowest BCUT2D eigenvalue weighted by Crippen LogP contribution is -1.98. The van der Waals surface area contributed by atoms with Crippen LogP contribution in [0.15, 0.2) is 251 Å². The first-order valence-corrected chi connectivity index (χ1v) is 25.1. The lowest BCUT2D eigenvalue weighted by molar-refractivity contribution is 0.666. The number of hydrogen-bond donors (Lipinski definition) is 0. The summed E-state index contributed by atoms with van der Waals surface area (Å²) in [7, 11) is 0. The number of fused-ring (bicyclic) bond motifs is 14. The maximum absolute atomic E-state index is 7.03. The minimum atomic E-state index is 0.557. The smallest absolute Gasteiger partial charge is 0.180 e. The molecule has 344 valence electrons. The highest BCUT2D eigenvalue weighted by Gasteiger charge is 2.25. The minimum Gasteiger partial charge on any atom is -0.455 e. The van der Waals surface area contributed by atoms with Gasteiger partial charge in [-0.2, -0.15) is 0 Å². The van der Waals surface area contributed by atoms with Gasteiger partial charge in [0, 0.05) is 43.6 Å². The number of benzene rings is 11. The van der Waals surface area contributed by atoms with Crippen LogP contribution in [0.5, 0.6) is 0 Å². The molecule has 16 rings (SSSR count). The summed E-state index contributed by atoms with van der Waals surface area (Å²) in [5.41, 5.74) is 17.4. The summed E-state index contributed by atoms with van der Waals surface area (Å²) < 4.78 is 18.5. The molecule has 6 heteroatoms. The van der Waals surface area contributed by atoms with Gasteiger partial charge in [-0.15, -0.1) is 0 Å². The maximum Gasteiger partial charge on any atom is 0.180 e. The van der Waals surface area contributed by atoms with Crippen molar-refractivity contribution < 1.29 is 8.83 Å². The van der Waals surface area contributed by atoms with Crippen molar-refractivity contribution in [3.05, 3.63) is 243 Å². The molecule has 74 heavy (non-hydrogen) atoms. The predicted octanol–water partition coefficient (Wildman–Crippen LogP) is 18.3. The third kappa shape index (κ3) is 6.00. The van der Waals surface area contributed by atoms with Crippen LogP contribution in [0.4, 0.5) is 0 Å². The number of hydrogen-bond acceptors (Lipinski definition) is 4. The Kier molecular flexibility index (Phi) is 8.64. The zero-order chi connectivity index (χ0) is 48.4. The van der Waals surface area contributed by atoms with Crippen molar-refractivity contribution in [1.82, 2.24) is 19.1 Å². The normalized spacial score (nSPS) is 12.1. The zero-order valence-electron chi connectivity index (χ0n) is 39.7. The summed E-state index contributed by atoms with van der Waals surface area (Å²) in [5.74, 6) is 0.557. The highest BCUT2D eigenvalue weighted by molar-refractivity contribution is 6.24. The van der Waals surface area contributed by atoms with Gasteiger partial charge in [-0.1, -0.05) is 164 Å². The van der Waals surface area contributed by atoms with E-state index in [4.69, 9.17) is 18.8 Å². The van der Waals surface area contributed by atoms with Crippen molar-refractivity contribution >= 4 is 98.4 Å². The van der Waals surface area contributed by atoms with Crippen LogP contribution in [0.1, 0.15) is 0 Å². The molecule has 0 aliphatic heterocycles. The van der Waals surface area contributed by atoms with Gasteiger partial charge in [0.1, 0.15) is 28.0 Å². The summed E-state index contributed by atoms with van der Waals surface area (Å²) >= 11 is 0. The standard InChI is InChI=1S/C68H40N4O2/c1-4-16-41(17-5-1)44-31-37-61-54(40-44)65-67(74-61)64(43-19-6-2-7-20-43)69-68(70-65)51-32-36-59(63-50-25-13-15-27-60(50)73-66(51)63)72-57-34-30-46(39-53(57)62-48-23-11-10-18-42(48)28-35-58(62)72)45-29-33-56-52(38-45)49-24-12-14-26-55(49)71(56)47-21-8-3-9-22-47/h1-40H. The van der Waals surface area contributed by atoms with Crippen LogP contribution in [0.3, 0.4) is 0 Å². The largest absolute Gasteiger partial charge is 0.455 e. The molecule has 5 aromatic heterocycles. The summed E-state index contributed by atoms with van der Waals surface area (Å²) in [6.07, 6.45) is 0. The van der Waals surface area contributed by atoms with Crippen molar-refractivity contribution in [3.8, 4) is 56.3 Å². The molecule has 0 saturated carbocycles. The molecule has 0 aliphatic rings. The van der Waals surface area contributed by atoms with E-state index in [1.807, 2.05) is 36.4 Å². The van der Waals surface area contributed by atoms with Gasteiger partial charge < -0.3 is 18.0 Å². The molecule has 0 aliphatic carbocycles. The van der Waals surface area contributed by atoms with Crippen molar-refractivity contribution in [3.63, 3.8) is 0 Å². The molecule has 16 aromatic rings. The minimum absolute atomic E-state index is 0.557. The van der Waals surface area contributed by atoms with E-state index in [2.05, 4.69) is 215 Å². The van der Waals surface area contributed by atoms with Gasteiger partial charge in [-0.3, -0.25) is 0 Å². The Morgan fingerprint density at radius 3 is 1.72 bits per heavy atom. The average molecular weight is 945 g/mol. The van der Waals surface area contributed by atoms with Crippen molar-refractivity contribution in [2.75, 3.05) is 0 Å². The van der Waals surface area contributed by atoms with E-state index >= 15 is 0 Å². The number of aromatic nitrogens is 4. The van der Waals surface area contributed by atoms with Crippen molar-refractivity contribution in [2.24, 2.45) is 0 Å². The third-order valence-corrected chi connectivity index (χ3v) is 15.1. The molecular formula is C68H40N4O2. The van der Waals surface area contributed by atoms with Crippen LogP contribution in [0.25, 0.3) is 155 Å². The molecular weight excluding hydrogens is 905 g/mol. The lowest BCUT2D eigenvalue weighted by Gasteiger charge is -2.13. The number of nitrogens with zero attached hydrogens (tertiary/aromatic N) is 4. The second kappa shape index (κ2) is 15.7. The predicted molar refractivity (Wildman–Crippen MR) is 305 cm³/mol. The fourth-order valence-corrected chi connectivity index (χ4v) is 11.8. The average Bonchev–Trinajstić information content (AvgIpc) is 4.23. The van der Waals surface area contributed by atoms with Gasteiger partial charge in [0.05, 0.1) is 38.7 Å². The van der Waals surface area contributed by atoms with Gasteiger partial charge in [0.15, 0.2) is 11.4 Å². The van der Waals surface area contributed by atoms with Gasteiger partial charge >= 0.3 is 0 Å². The summed E-state index contributed by atoms with van der Waals surface area (Å²) in [6, 6.07) is 86.2. The van der Waals surface area contributed by atoms with Crippen LogP contribution >= 0.6 is 0 Å². The van der Waals surface area contributed by atoms with Crippen LogP contribution in [0.2, 0.25) is 0 Å². The number of rotatable bonds is 6. The Hall–Kier alpha value is -10.0. The second-order valence-electron chi connectivity index (χ2n) is 19.2. The topological polar surface area (TPSA) is 61.9 Å². The molecule has 0 fully saturated rings. The van der Waals surface area contributed by atoms with Crippen LogP contribution < -0.4 is 0 Å². The quantitative estimate of drug-likeness (QED) is 0.167. The first-order valence-electron chi connectivity index (χ1n) is 25.1. The molecule has 5 heterocycles. The Morgan fingerprint density at radius 2 is 0.905 bits per heavy atom. The number of furan rings is 2. The molecule has 0 radical (unpaired) electrons. The Labute approximate surface area is 423 Å². The first-order chi connectivity index (χ1) is 36.7. The molecule has 0 spiro atoms. The van der Waals surface area contributed by atoms with E-state index < -0.39 is 0 Å². The summed E-state index contributed by atoms with van der Waals surface area (Å²) in [5, 5.41) is 10.2. The monoisotopic (exact) mass is 944 g/mol. The molecule has 0 amide bonds. The Morgan fingerprint density at radius 1 is 0.324 bits per heavy atom. The highest BCUT2D eigenvalue weighted by atomic mass is 16.3. The van der Waals surface area contributed by atoms with Crippen molar-refractivity contribution in [1.29, 1.82) is 0 Å². The fraction of sp³-hybridized carbons (Fsp3) is 0. The van der Waals surface area contributed by atoms with Gasteiger partial charge in [0.25, 0.3) is 0 Å². The lowest BCUT2D eigenvalue weighted by atomic mass is 9.99. The fourth-order valence-electron chi connectivity index (χ4n) is 11.8. The van der Waals surface area contributed by atoms with Crippen LogP contribution in [0, 0.1) is 0 Å². The maximum atomic E-state index is 7.03. The SMILES string of the molecule is c1ccc(-c2ccc3oc4c(-c5ccccc5)nc(-c5ccc(-n6c7ccc(-c8ccc9c(c8)c8ccccc8n9-c8ccccc8)cc7c7c8ccccc8ccc76)c6c5oc5ccccc56)nc4c3c2)cc1. The first kappa shape index (κ1) is 40.7. The zero-order valence-corrected chi connectivity index (χ0v) is 39.7. The molecule has 0 unspecified atom stereocenters. The van der Waals surface area contributed by atoms with Crippen LogP contribution in [-0.2, 0) is 0 Å². The van der Waals surface area contributed by atoms with E-state index in [-0.39, 0.29) is 0 Å². The van der Waals surface area contributed by atoms with E-state index in [0.717, 1.165) is 99.9 Å².